The fraction of sp³-hybridized carbons (Fsp3) is 0.870. The number of rotatable bonds is 20. The van der Waals surface area contributed by atoms with Crippen molar-refractivity contribution in [1.82, 2.24) is 27.7 Å². The molecule has 1 rings (SSSR count). The monoisotopic (exact) mass is 627 g/mol. The number of carboxylic acids is 2. The second-order valence-electron chi connectivity index (χ2n) is 9.43. The summed E-state index contributed by atoms with van der Waals surface area (Å²) in [6.45, 7) is 11.1. The number of piperazine rings is 1. The van der Waals surface area contributed by atoms with Crippen LogP contribution in [0.4, 0.5) is 0 Å². The zero-order valence-electron chi connectivity index (χ0n) is 22.0. The lowest BCUT2D eigenvalue weighted by atomic mass is 10.2. The van der Waals surface area contributed by atoms with Crippen LogP contribution in [0.25, 0.3) is 0 Å². The molecule has 13 heteroatoms. The molecule has 0 radical (unpaired) electrons. The number of amides is 1. The van der Waals surface area contributed by atoms with Crippen LogP contribution in [0.5, 0.6) is 0 Å². The van der Waals surface area contributed by atoms with Crippen LogP contribution in [0.15, 0.2) is 0 Å². The highest BCUT2D eigenvalue weighted by Crippen LogP contribution is 2.06. The molecule has 1 saturated heterocycles. The maximum absolute atomic E-state index is 12.6. The number of unbranched alkanes of at least 4 members (excludes halogenated alkanes) is 1. The van der Waals surface area contributed by atoms with E-state index in [9.17, 15) is 14.4 Å². The number of halogens is 1. The molecule has 0 aliphatic carbocycles. The summed E-state index contributed by atoms with van der Waals surface area (Å²) in [5.41, 5.74) is 0. The van der Waals surface area contributed by atoms with Gasteiger partial charge in [0, 0.05) is 94.7 Å². The van der Waals surface area contributed by atoms with Crippen LogP contribution < -0.4 is 5.84 Å². The molecule has 1 amide bonds. The van der Waals surface area contributed by atoms with Gasteiger partial charge in [0.15, 0.2) is 0 Å². The van der Waals surface area contributed by atoms with E-state index in [1.54, 1.807) is 8.12 Å². The highest BCUT2D eigenvalue weighted by atomic mass is 127. The Morgan fingerprint density at radius 1 is 0.806 bits per heavy atom. The first-order valence-corrected chi connectivity index (χ1v) is 13.8. The van der Waals surface area contributed by atoms with Crippen molar-refractivity contribution in [3.8, 4) is 0 Å². The van der Waals surface area contributed by atoms with Gasteiger partial charge in [-0.05, 0) is 33.0 Å². The van der Waals surface area contributed by atoms with Crippen molar-refractivity contribution in [2.24, 2.45) is 5.84 Å². The number of hydrogen-bond donors (Lipinski definition) is 3. The minimum absolute atomic E-state index is 0.0153. The first-order valence-electron chi connectivity index (χ1n) is 12.9. The third kappa shape index (κ3) is 15.9. The number of carboxylic acid groups (broad SMARTS) is 2. The Hall–Kier alpha value is -1.10. The predicted octanol–water partition coefficient (Wildman–Crippen LogP) is -0.0584. The van der Waals surface area contributed by atoms with E-state index >= 15 is 0 Å². The maximum Gasteiger partial charge on any atom is 0.318 e. The average molecular weight is 628 g/mol. The van der Waals surface area contributed by atoms with Crippen molar-refractivity contribution >= 4 is 40.7 Å². The number of aliphatic carboxylic acids is 2. The first kappa shape index (κ1) is 32.9. The molecule has 210 valence electrons. The van der Waals surface area contributed by atoms with Gasteiger partial charge in [0.05, 0.1) is 6.54 Å². The summed E-state index contributed by atoms with van der Waals surface area (Å²) >= 11 is 2.05. The zero-order valence-corrected chi connectivity index (χ0v) is 24.1. The number of carbonyl (C=O) groups excluding carboxylic acids is 1. The normalized spacial score (nSPS) is 14.9. The summed E-state index contributed by atoms with van der Waals surface area (Å²) in [7, 11) is 1.82. The standard InChI is InChI=1S/C23H46IN7O5/c1-3-4-7-27(10-9-26(2)19-22(33)34)11-12-28(13-16-30(24)20-23(35)36)8-5-6-21(32)29-14-17-31(25)18-15-29/h3-20,25H2,1-2H3,(H,33,34)(H,35,36). The molecule has 4 N–H and O–H groups in total. The summed E-state index contributed by atoms with van der Waals surface area (Å²) in [6, 6.07) is 0. The lowest BCUT2D eigenvalue weighted by Crippen LogP contribution is -2.51. The number of hydrazine groups is 1. The maximum atomic E-state index is 12.6. The van der Waals surface area contributed by atoms with Gasteiger partial charge in [-0.25, -0.2) is 8.12 Å². The van der Waals surface area contributed by atoms with Gasteiger partial charge in [0.25, 0.3) is 0 Å². The molecule has 0 atom stereocenters. The molecule has 36 heavy (non-hydrogen) atoms. The zero-order chi connectivity index (χ0) is 26.9. The van der Waals surface area contributed by atoms with Crippen LogP contribution in [0, 0.1) is 0 Å². The summed E-state index contributed by atoms with van der Waals surface area (Å²) in [5.74, 6) is 4.27. The Bertz CT molecular complexity index is 652. The third-order valence-electron chi connectivity index (χ3n) is 6.26. The second-order valence-corrected chi connectivity index (χ2v) is 10.8. The molecule has 1 fully saturated rings. The van der Waals surface area contributed by atoms with E-state index in [1.165, 1.54) is 0 Å². The van der Waals surface area contributed by atoms with Gasteiger partial charge in [-0.15, -0.1) is 0 Å². The average Bonchev–Trinajstić information content (AvgIpc) is 2.80. The van der Waals surface area contributed by atoms with Gasteiger partial charge < -0.3 is 24.9 Å². The van der Waals surface area contributed by atoms with Crippen LogP contribution >= 0.6 is 22.9 Å². The summed E-state index contributed by atoms with van der Waals surface area (Å²) in [5, 5.41) is 19.8. The first-order chi connectivity index (χ1) is 17.1. The number of carbonyl (C=O) groups is 3. The fourth-order valence-corrected chi connectivity index (χ4v) is 4.52. The number of nitrogens with zero attached hydrogens (tertiary/aromatic N) is 6. The van der Waals surface area contributed by atoms with E-state index in [-0.39, 0.29) is 19.0 Å². The van der Waals surface area contributed by atoms with Gasteiger partial charge in [-0.3, -0.25) is 25.1 Å². The molecule has 1 aliphatic heterocycles. The number of nitrogens with two attached hydrogens (primary N) is 1. The van der Waals surface area contributed by atoms with Crippen molar-refractivity contribution in [3.05, 3.63) is 0 Å². The Kier molecular flexibility index (Phi) is 17.4. The molecule has 12 nitrogen and oxygen atoms in total. The highest BCUT2D eigenvalue weighted by molar-refractivity contribution is 14.1. The van der Waals surface area contributed by atoms with Crippen molar-refractivity contribution < 1.29 is 24.6 Å². The molecule has 1 heterocycles. The lowest BCUT2D eigenvalue weighted by Gasteiger charge is -2.32. The molecule has 0 spiro atoms. The molecule has 1 aliphatic rings. The minimum atomic E-state index is -0.852. The lowest BCUT2D eigenvalue weighted by molar-refractivity contribution is -0.138. The molecular weight excluding hydrogens is 581 g/mol. The molecular formula is C23H46IN7O5. The van der Waals surface area contributed by atoms with Crippen LogP contribution in [0.2, 0.25) is 0 Å². The molecule has 0 aromatic rings. The summed E-state index contributed by atoms with van der Waals surface area (Å²) in [6.07, 6.45) is 3.40. The molecule has 0 bridgehead atoms. The van der Waals surface area contributed by atoms with E-state index in [2.05, 4.69) is 16.7 Å². The van der Waals surface area contributed by atoms with Crippen LogP contribution in [0.1, 0.15) is 32.6 Å². The van der Waals surface area contributed by atoms with Crippen LogP contribution in [-0.2, 0) is 14.4 Å². The van der Waals surface area contributed by atoms with Crippen LogP contribution in [-0.4, -0.2) is 154 Å². The van der Waals surface area contributed by atoms with E-state index in [4.69, 9.17) is 16.1 Å². The Labute approximate surface area is 229 Å². The van der Waals surface area contributed by atoms with E-state index in [0.29, 0.717) is 45.7 Å². The second kappa shape index (κ2) is 19.0. The fourth-order valence-electron chi connectivity index (χ4n) is 4.02. The van der Waals surface area contributed by atoms with Crippen molar-refractivity contribution in [3.63, 3.8) is 0 Å². The van der Waals surface area contributed by atoms with Gasteiger partial charge in [0.1, 0.15) is 6.54 Å². The van der Waals surface area contributed by atoms with Gasteiger partial charge in [-0.1, -0.05) is 13.3 Å². The molecule has 0 saturated carbocycles. The third-order valence-corrected chi connectivity index (χ3v) is 7.08. The summed E-state index contributed by atoms with van der Waals surface area (Å²) < 4.78 is 1.76. The van der Waals surface area contributed by atoms with Gasteiger partial charge >= 0.3 is 11.9 Å². The number of likely N-dealkylation sites (N-methyl/N-ethyl adjacent to an activating group) is 1. The van der Waals surface area contributed by atoms with E-state index < -0.39 is 11.9 Å². The topological polar surface area (TPSA) is 137 Å². The SMILES string of the molecule is CCCCN(CCN(C)CC(=O)O)CCN(CCCC(=O)N1CCN(N)CC1)CCN(I)CC(=O)O. The Balaban J connectivity index is 2.60. The Morgan fingerprint density at radius 3 is 1.89 bits per heavy atom. The largest absolute Gasteiger partial charge is 0.480 e. The Morgan fingerprint density at radius 2 is 1.33 bits per heavy atom. The molecule has 0 aromatic heterocycles. The van der Waals surface area contributed by atoms with Crippen molar-refractivity contribution in [2.75, 3.05) is 98.7 Å². The molecule has 0 aromatic carbocycles. The van der Waals surface area contributed by atoms with E-state index in [0.717, 1.165) is 58.5 Å². The van der Waals surface area contributed by atoms with Gasteiger partial charge in [0.2, 0.25) is 5.91 Å². The van der Waals surface area contributed by atoms with Crippen molar-refractivity contribution in [2.45, 2.75) is 32.6 Å². The quantitative estimate of drug-likeness (QED) is 0.0952. The van der Waals surface area contributed by atoms with Crippen molar-refractivity contribution in [1.29, 1.82) is 0 Å². The highest BCUT2D eigenvalue weighted by Gasteiger charge is 2.19. The van der Waals surface area contributed by atoms with Gasteiger partial charge in [-0.2, -0.15) is 0 Å². The van der Waals surface area contributed by atoms with Crippen LogP contribution in [0.3, 0.4) is 0 Å². The smallest absolute Gasteiger partial charge is 0.318 e. The van der Waals surface area contributed by atoms with E-state index in [1.807, 2.05) is 39.7 Å². The predicted molar refractivity (Wildman–Crippen MR) is 148 cm³/mol. The number of hydrogen-bond acceptors (Lipinski definition) is 9. The summed E-state index contributed by atoms with van der Waals surface area (Å²) in [4.78, 5) is 43.0. The minimum Gasteiger partial charge on any atom is -0.480 e. The molecule has 0 unspecified atom stereocenters.